The Morgan fingerprint density at radius 1 is 0.148 bits per heavy atom. The Morgan fingerprint density at radius 2 is 0.295 bits per heavy atom. The fraction of sp³-hybridized carbons (Fsp3) is 0. The minimum absolute atomic E-state index is 0. The van der Waals surface area contributed by atoms with Gasteiger partial charge in [-0.15, -0.1) is 0 Å². The van der Waals surface area contributed by atoms with Crippen molar-refractivity contribution >= 4 is 0 Å². The third kappa shape index (κ3) is 21.3. The summed E-state index contributed by atoms with van der Waals surface area (Å²) in [6, 6.07) is 2.39. The second-order valence-corrected chi connectivity index (χ2v) is 12.8. The number of benzene rings is 1. The fourth-order valence-electron chi connectivity index (χ4n) is 6.36. The van der Waals surface area contributed by atoms with Crippen LogP contribution in [0.25, 0.3) is 0 Å². The van der Waals surface area contributed by atoms with Crippen LogP contribution < -0.4 is 0 Å². The number of hydrogen-bond donors (Lipinski definition) is 0. The van der Waals surface area contributed by atoms with Gasteiger partial charge in [-0.1, -0.05) is 6.07 Å². The van der Waals surface area contributed by atoms with E-state index in [1.807, 2.05) is 161 Å². The molecule has 10 saturated carbocycles. The monoisotopic (exact) mass is 998 g/mol. The minimum Gasteiger partial charge on any atom is -0.0540 e. The maximum Gasteiger partial charge on any atom is 2.00 e. The van der Waals surface area contributed by atoms with Gasteiger partial charge in [-0.05, 0) is 317 Å². The molecule has 1 aromatic carbocycles. The van der Waals surface area contributed by atoms with Crippen molar-refractivity contribution < 1.29 is 85.3 Å². The van der Waals surface area contributed by atoms with Gasteiger partial charge in [0.25, 0.3) is 0 Å². The van der Waals surface area contributed by atoms with Crippen molar-refractivity contribution in [1.82, 2.24) is 0 Å². The first-order valence-electron chi connectivity index (χ1n) is 19.0. The van der Waals surface area contributed by atoms with Crippen LogP contribution in [0.2, 0.25) is 0 Å². The third-order valence-corrected chi connectivity index (χ3v) is 8.91. The summed E-state index contributed by atoms with van der Waals surface area (Å²) in [4.78, 5) is 0. The van der Waals surface area contributed by atoms with Crippen molar-refractivity contribution in [2.24, 2.45) is 0 Å². The molecule has 1 aromatic rings. The van der Waals surface area contributed by atoms with Gasteiger partial charge in [0.1, 0.15) is 0 Å². The van der Waals surface area contributed by atoms with E-state index >= 15 is 0 Å². The van der Waals surface area contributed by atoms with Crippen LogP contribution in [0.1, 0.15) is 27.8 Å². The van der Waals surface area contributed by atoms with E-state index in [-0.39, 0.29) is 85.3 Å². The molecule has 0 N–H and O–H groups in total. The van der Waals surface area contributed by atoms with Gasteiger partial charge in [-0.25, -0.2) is 0 Å². The molecule has 50 radical (unpaired) electrons. The predicted octanol–water partition coefficient (Wildman–Crippen LogP) is 10.5. The zero-order valence-corrected chi connectivity index (χ0v) is 38.8. The molecule has 0 amide bonds. The van der Waals surface area contributed by atoms with E-state index in [0.29, 0.717) is 0 Å². The first-order valence-corrected chi connectivity index (χ1v) is 19.0. The van der Waals surface area contributed by atoms with Crippen LogP contribution >= 0.6 is 0 Å². The van der Waals surface area contributed by atoms with Crippen LogP contribution in [0.5, 0.6) is 0 Å². The third-order valence-electron chi connectivity index (χ3n) is 8.91. The topological polar surface area (TPSA) is 0 Å². The molecule has 61 heavy (non-hydrogen) atoms. The zero-order chi connectivity index (χ0) is 38.3. The molecule has 0 heterocycles. The second-order valence-electron chi connectivity index (χ2n) is 12.8. The van der Waals surface area contributed by atoms with Crippen LogP contribution in [-0.4, -0.2) is 0 Å². The second kappa shape index (κ2) is 37.8. The Kier molecular flexibility index (Phi) is 37.7. The summed E-state index contributed by atoms with van der Waals surface area (Å²) in [5.74, 6) is 6.29. The molecular formula is C56H46Fe5+10. The molecule has 10 aliphatic carbocycles. The summed E-state index contributed by atoms with van der Waals surface area (Å²) in [6.07, 6.45) is 93.5. The Hall–Kier alpha value is 1.82. The van der Waals surface area contributed by atoms with Crippen molar-refractivity contribution in [1.29, 1.82) is 0 Å². The quantitative estimate of drug-likeness (QED) is 0.258. The van der Waals surface area contributed by atoms with E-state index in [9.17, 15) is 0 Å². The number of rotatable bonds is 5. The molecule has 0 unspecified atom stereocenters. The standard InChI is InChI=1S/C31H21.5C5H5.5Fe/c1-2-12-22(11-1)27-21-28(23-13-3-4-14-23)30(25-17-7-8-18-25)31(26-19-9-10-20-26)29(27)24-15-5-6-16-24;5*1-2-4-5-3-1;;;;;/h1-21H;5*1-5H;;;;;/q;;;;;;5*+2. The maximum atomic E-state index is 2.39. The van der Waals surface area contributed by atoms with Crippen molar-refractivity contribution in [2.45, 2.75) is 0 Å². The van der Waals surface area contributed by atoms with Crippen molar-refractivity contribution in [2.75, 3.05) is 0 Å². The summed E-state index contributed by atoms with van der Waals surface area (Å²) in [5.41, 5.74) is 6.46. The summed E-state index contributed by atoms with van der Waals surface area (Å²) in [6.45, 7) is 0. The van der Waals surface area contributed by atoms with Gasteiger partial charge >= 0.3 is 85.3 Å². The Morgan fingerprint density at radius 3 is 0.475 bits per heavy atom. The molecule has 0 aromatic heterocycles. The molecule has 0 aliphatic heterocycles. The van der Waals surface area contributed by atoms with Crippen LogP contribution in [0.3, 0.4) is 0 Å². The largest absolute Gasteiger partial charge is 2.00 e. The smallest absolute Gasteiger partial charge is 0.0540 e. The molecular weight excluding hydrogens is 952 g/mol. The molecule has 10 fully saturated rings. The molecule has 10 aliphatic rings. The maximum absolute atomic E-state index is 2.39. The van der Waals surface area contributed by atoms with Crippen molar-refractivity contribution in [3.63, 3.8) is 0 Å². The van der Waals surface area contributed by atoms with Crippen LogP contribution in [0.4, 0.5) is 0 Å². The molecule has 300 valence electrons. The summed E-state index contributed by atoms with van der Waals surface area (Å²) < 4.78 is 0. The van der Waals surface area contributed by atoms with Gasteiger partial charge < -0.3 is 0 Å². The van der Waals surface area contributed by atoms with E-state index in [4.69, 9.17) is 0 Å². The molecule has 5 heteroatoms. The van der Waals surface area contributed by atoms with E-state index in [1.165, 1.54) is 57.4 Å². The van der Waals surface area contributed by atoms with Gasteiger partial charge in [0.15, 0.2) is 0 Å². The fourth-order valence-corrected chi connectivity index (χ4v) is 6.36. The van der Waals surface area contributed by atoms with Gasteiger partial charge in [0.05, 0.1) is 0 Å². The first-order chi connectivity index (χ1) is 27.9. The Labute approximate surface area is 434 Å². The molecule has 11 rings (SSSR count). The number of hydrogen-bond acceptors (Lipinski definition) is 0. The molecule has 0 nitrogen and oxygen atoms in total. The average molecular weight is 998 g/mol. The zero-order valence-electron chi connectivity index (χ0n) is 33.3. The average Bonchev–Trinajstić information content (AvgIpc) is 4.14. The van der Waals surface area contributed by atoms with Gasteiger partial charge in [0.2, 0.25) is 0 Å². The summed E-state index contributed by atoms with van der Waals surface area (Å²) in [7, 11) is 0. The molecule has 0 bridgehead atoms. The summed E-state index contributed by atoms with van der Waals surface area (Å²) >= 11 is 0. The minimum atomic E-state index is 0. The first kappa shape index (κ1) is 60.8. The van der Waals surface area contributed by atoms with Crippen LogP contribution in [0.15, 0.2) is 6.07 Å². The van der Waals surface area contributed by atoms with Gasteiger partial charge in [-0.2, -0.15) is 0 Å². The van der Waals surface area contributed by atoms with E-state index in [2.05, 4.69) is 134 Å². The van der Waals surface area contributed by atoms with Crippen LogP contribution in [0, 0.1) is 319 Å². The Balaban J connectivity index is 0.000000502. The predicted molar refractivity (Wildman–Crippen MR) is 232 cm³/mol. The van der Waals surface area contributed by atoms with E-state index in [1.54, 1.807) is 0 Å². The van der Waals surface area contributed by atoms with E-state index in [0.717, 1.165) is 0 Å². The molecule has 0 saturated heterocycles. The molecule has 0 spiro atoms. The van der Waals surface area contributed by atoms with Gasteiger partial charge in [0, 0.05) is 29.6 Å². The van der Waals surface area contributed by atoms with E-state index < -0.39 is 0 Å². The van der Waals surface area contributed by atoms with Crippen molar-refractivity contribution in [3.8, 4) is 0 Å². The SMILES string of the molecule is [CH]1[CH][CH][CH][CH]1.[CH]1[CH][CH][CH][CH]1.[CH]1[CH][CH][CH][CH]1.[CH]1[CH][CH][CH][CH]1.[CH]1[CH][CH][CH][CH]1.[CH]1[CH][CH][C](c2cc([C]3[CH][CH][CH][CH]3)c([C]3[CH][CH][CH][CH]3)c([C]3[CH][CH][CH][CH]3)c2[C]2[CH][CH][CH][CH]2)[CH]1.[Fe+2].[Fe+2].[Fe+2].[Fe+2].[Fe+2]. The van der Waals surface area contributed by atoms with Crippen molar-refractivity contribution in [3.05, 3.63) is 352 Å². The van der Waals surface area contributed by atoms with Gasteiger partial charge in [-0.3, -0.25) is 0 Å². The van der Waals surface area contributed by atoms with Crippen LogP contribution in [-0.2, 0) is 85.3 Å². The Bertz CT molecular complexity index is 984. The normalized spacial score (nSPS) is 23.7. The summed E-state index contributed by atoms with van der Waals surface area (Å²) in [5, 5.41) is 0. The molecule has 0 atom stereocenters.